The van der Waals surface area contributed by atoms with Gasteiger partial charge in [0.25, 0.3) is 0 Å². The van der Waals surface area contributed by atoms with E-state index in [0.717, 1.165) is 46.9 Å². The Bertz CT molecular complexity index is 1750. The smallest absolute Gasteiger partial charge is 0.161 e. The summed E-state index contributed by atoms with van der Waals surface area (Å²) in [5, 5.41) is 7.26. The van der Waals surface area contributed by atoms with Crippen LogP contribution < -0.4 is 59.1 Å². The van der Waals surface area contributed by atoms with Crippen molar-refractivity contribution in [1.82, 2.24) is 0 Å². The minimum atomic E-state index is -0.130. The van der Waals surface area contributed by atoms with Gasteiger partial charge in [-0.3, -0.25) is 0 Å². The van der Waals surface area contributed by atoms with E-state index in [1.165, 1.54) is 25.9 Å². The Kier molecular flexibility index (Phi) is 24.3. The molecule has 0 atom stereocenters. The third kappa shape index (κ3) is 20.0. The van der Waals surface area contributed by atoms with Crippen LogP contribution in [0.25, 0.3) is 0 Å². The largest absolute Gasteiger partial charge is 0.497 e. The van der Waals surface area contributed by atoms with Gasteiger partial charge in [-0.05, 0) is 88.4 Å². The minimum absolute atomic E-state index is 0.00578. The van der Waals surface area contributed by atoms with E-state index in [-0.39, 0.29) is 53.2 Å². The molecule has 0 bridgehead atoms. The zero-order chi connectivity index (χ0) is 42.8. The zero-order valence-electron chi connectivity index (χ0n) is 37.4. The third-order valence-corrected chi connectivity index (χ3v) is 15.1. The molecular formula is C46H70O7Si5. The van der Waals surface area contributed by atoms with Crippen LogP contribution in [0.3, 0.4) is 0 Å². The topological polar surface area (TPSA) is 64.6 Å². The van der Waals surface area contributed by atoms with E-state index >= 15 is 0 Å². The Hall–Kier alpha value is -4.22. The van der Waals surface area contributed by atoms with E-state index in [2.05, 4.69) is 138 Å². The second-order valence-electron chi connectivity index (χ2n) is 14.3. The van der Waals surface area contributed by atoms with E-state index in [9.17, 15) is 0 Å². The fourth-order valence-electron chi connectivity index (χ4n) is 5.37. The Morgan fingerprint density at radius 1 is 0.448 bits per heavy atom. The summed E-state index contributed by atoms with van der Waals surface area (Å²) in [6.45, 7) is 21.7. The lowest BCUT2D eigenvalue weighted by Gasteiger charge is -2.21. The summed E-state index contributed by atoms with van der Waals surface area (Å²) in [4.78, 5) is 0. The molecule has 12 heteroatoms. The van der Waals surface area contributed by atoms with Crippen LogP contribution in [-0.2, 0) is 0 Å². The van der Waals surface area contributed by atoms with Crippen molar-refractivity contribution in [2.75, 3.05) is 41.2 Å². The molecule has 316 valence electrons. The molecule has 0 fully saturated rings. The first-order chi connectivity index (χ1) is 27.9. The second kappa shape index (κ2) is 28.3. The molecule has 0 amide bonds. The van der Waals surface area contributed by atoms with Gasteiger partial charge in [-0.1, -0.05) is 101 Å². The van der Waals surface area contributed by atoms with Crippen molar-refractivity contribution in [3.8, 4) is 40.2 Å². The van der Waals surface area contributed by atoms with Crippen LogP contribution in [0, 0.1) is 0 Å². The first-order valence-electron chi connectivity index (χ1n) is 20.7. The fourth-order valence-corrected chi connectivity index (χ4v) is 9.05. The molecule has 0 radical (unpaired) electrons. The van der Waals surface area contributed by atoms with Crippen molar-refractivity contribution in [2.45, 2.75) is 66.0 Å². The van der Waals surface area contributed by atoms with E-state index < -0.39 is 0 Å². The van der Waals surface area contributed by atoms with Gasteiger partial charge in [-0.25, -0.2) is 0 Å². The number of hydrogen-bond acceptors (Lipinski definition) is 7. The Morgan fingerprint density at radius 2 is 0.845 bits per heavy atom. The van der Waals surface area contributed by atoms with Crippen molar-refractivity contribution in [3.63, 3.8) is 0 Å². The van der Waals surface area contributed by atoms with Crippen LogP contribution in [0.15, 0.2) is 109 Å². The molecule has 0 spiro atoms. The summed E-state index contributed by atoms with van der Waals surface area (Å²) < 4.78 is 37.2. The second-order valence-corrected chi connectivity index (χ2v) is 21.9. The predicted molar refractivity (Wildman–Crippen MR) is 265 cm³/mol. The van der Waals surface area contributed by atoms with Crippen LogP contribution in [-0.4, -0.2) is 94.3 Å². The highest BCUT2D eigenvalue weighted by Crippen LogP contribution is 2.27. The molecule has 1 aliphatic heterocycles. The lowest BCUT2D eigenvalue weighted by atomic mass is 10.2. The number of ether oxygens (including phenoxy) is 7. The van der Waals surface area contributed by atoms with Crippen molar-refractivity contribution in [1.29, 1.82) is 0 Å². The maximum absolute atomic E-state index is 5.72. The molecule has 1 heterocycles. The SMILES string of the molecule is CCOc1ccc([SiH2]C)cc1.COc1cc(OC)cc([SiH2]C)c1.COc1ccc([SiH2]C)cc1.C[SiH2]c1ccc(OC(C)(C)C)cc1.C[SiH2]c1ccc2c(c1)OCCO2. The molecule has 6 rings (SSSR count). The van der Waals surface area contributed by atoms with Crippen molar-refractivity contribution < 1.29 is 33.2 Å². The highest BCUT2D eigenvalue weighted by molar-refractivity contribution is 6.53. The molecule has 0 aromatic heterocycles. The molecular weight excluding hydrogens is 805 g/mol. The average molecular weight is 875 g/mol. The zero-order valence-corrected chi connectivity index (χ0v) is 44.5. The summed E-state index contributed by atoms with van der Waals surface area (Å²) in [6.07, 6.45) is 0. The predicted octanol–water partition coefficient (Wildman–Crippen LogP) is 4.02. The molecule has 7 nitrogen and oxygen atoms in total. The van der Waals surface area contributed by atoms with E-state index in [4.69, 9.17) is 33.2 Å². The first kappa shape index (κ1) is 49.9. The van der Waals surface area contributed by atoms with Gasteiger partial charge < -0.3 is 33.2 Å². The van der Waals surface area contributed by atoms with Crippen LogP contribution in [0.5, 0.6) is 40.2 Å². The van der Waals surface area contributed by atoms with Gasteiger partial charge in [0.2, 0.25) is 0 Å². The molecule has 0 N–H and O–H groups in total. The maximum atomic E-state index is 5.72. The van der Waals surface area contributed by atoms with E-state index in [0.29, 0.717) is 13.2 Å². The van der Waals surface area contributed by atoms with Gasteiger partial charge in [-0.15, -0.1) is 0 Å². The number of methoxy groups -OCH3 is 3. The molecule has 58 heavy (non-hydrogen) atoms. The minimum Gasteiger partial charge on any atom is -0.497 e. The molecule has 5 aromatic rings. The summed E-state index contributed by atoms with van der Waals surface area (Å²) in [5.41, 5.74) is -0.0921. The third-order valence-electron chi connectivity index (χ3n) is 8.80. The Balaban J connectivity index is 0.000000251. The summed E-state index contributed by atoms with van der Waals surface area (Å²) in [6, 6.07) is 37.6. The molecule has 0 unspecified atom stereocenters. The normalized spacial score (nSPS) is 12.0. The molecule has 0 saturated heterocycles. The fraction of sp³-hybridized carbons (Fsp3) is 0.348. The summed E-state index contributed by atoms with van der Waals surface area (Å²) in [7, 11) is 4.84. The van der Waals surface area contributed by atoms with Gasteiger partial charge in [-0.2, -0.15) is 0 Å². The summed E-state index contributed by atoms with van der Waals surface area (Å²) in [5.74, 6) is 6.50. The molecule has 0 aliphatic carbocycles. The van der Waals surface area contributed by atoms with Crippen molar-refractivity contribution in [2.24, 2.45) is 0 Å². The lowest BCUT2D eigenvalue weighted by molar-refractivity contribution is 0.131. The van der Waals surface area contributed by atoms with Gasteiger partial charge in [0.15, 0.2) is 11.5 Å². The van der Waals surface area contributed by atoms with Gasteiger partial charge >= 0.3 is 0 Å². The van der Waals surface area contributed by atoms with Crippen molar-refractivity contribution >= 4 is 73.5 Å². The number of fused-ring (bicyclic) bond motifs is 1. The molecule has 0 saturated carbocycles. The number of benzene rings is 5. The lowest BCUT2D eigenvalue weighted by Crippen LogP contribution is -2.23. The quantitative estimate of drug-likeness (QED) is 0.186. The number of hydrogen-bond donors (Lipinski definition) is 0. The average Bonchev–Trinajstić information content (AvgIpc) is 3.27. The first-order valence-corrected chi connectivity index (χ1v) is 31.3. The van der Waals surface area contributed by atoms with E-state index in [1.54, 1.807) is 21.3 Å². The van der Waals surface area contributed by atoms with Crippen LogP contribution in [0.2, 0.25) is 32.7 Å². The van der Waals surface area contributed by atoms with Crippen molar-refractivity contribution in [3.05, 3.63) is 109 Å². The van der Waals surface area contributed by atoms with Gasteiger partial charge in [0.1, 0.15) is 47.6 Å². The van der Waals surface area contributed by atoms with Crippen LogP contribution in [0.1, 0.15) is 27.7 Å². The highest BCUT2D eigenvalue weighted by Gasteiger charge is 2.11. The maximum Gasteiger partial charge on any atom is 0.161 e. The monoisotopic (exact) mass is 874 g/mol. The molecule has 1 aliphatic rings. The van der Waals surface area contributed by atoms with Crippen LogP contribution >= 0.6 is 0 Å². The standard InChI is InChI=1S/C11H18OSi.C9H12O2Si.C9H14O2Si.C9H14OSi.C8H12OSi/c1-11(2,3)12-9-5-7-10(13-4)8-6-9;1-12-7-2-3-8-9(6-7)11-5-4-10-8;1-10-7-4-8(11-2)6-9(5-7)12-3;1-3-10-8-4-6-9(11-2)7-5-8;1-9-7-3-5-8(10-2)6-4-7/h5-8H,13H2,1-4H3;2-3,6H,4-5,12H2,1H3;4-6H,12H2,1-3H3;4-7H,3,11H2,1-2H3;3-6H,10H2,1-2H3. The molecule has 5 aromatic carbocycles. The van der Waals surface area contributed by atoms with Gasteiger partial charge in [0, 0.05) is 6.07 Å². The Labute approximate surface area is 361 Å². The Morgan fingerprint density at radius 3 is 1.24 bits per heavy atom. The van der Waals surface area contributed by atoms with E-state index in [1.807, 2.05) is 31.2 Å². The highest BCUT2D eigenvalue weighted by atomic mass is 28.2. The van der Waals surface area contributed by atoms with Crippen LogP contribution in [0.4, 0.5) is 0 Å². The number of rotatable bonds is 11. The van der Waals surface area contributed by atoms with Gasteiger partial charge in [0.05, 0.1) is 75.5 Å². The summed E-state index contributed by atoms with van der Waals surface area (Å²) >= 11 is 0.